The first-order valence-electron chi connectivity index (χ1n) is 4.25. The lowest BCUT2D eigenvalue weighted by Crippen LogP contribution is -2.20. The second-order valence-electron chi connectivity index (χ2n) is 3.01. The lowest BCUT2D eigenvalue weighted by atomic mass is 10.4. The number of sulfone groups is 1. The molecule has 0 saturated carbocycles. The summed E-state index contributed by atoms with van der Waals surface area (Å²) in [5, 5.41) is -0.682. The molecule has 1 heterocycles. The quantitative estimate of drug-likeness (QED) is 0.619. The van der Waals surface area contributed by atoms with Crippen LogP contribution in [0.15, 0.2) is 17.6 Å². The Morgan fingerprint density at radius 1 is 1.53 bits per heavy atom. The minimum Gasteiger partial charge on any atom is -0.243 e. The predicted molar refractivity (Wildman–Crippen MR) is 59.0 cm³/mol. The van der Waals surface area contributed by atoms with Gasteiger partial charge in [-0.05, 0) is 13.3 Å². The van der Waals surface area contributed by atoms with Crippen molar-refractivity contribution < 1.29 is 8.42 Å². The van der Waals surface area contributed by atoms with Crippen LogP contribution in [0.4, 0.5) is 0 Å². The first kappa shape index (κ1) is 12.7. The number of aromatic nitrogens is 2. The molecule has 1 unspecified atom stereocenters. The molecular weight excluding hydrogens is 259 g/mol. The molecule has 0 fully saturated rings. The second-order valence-corrected chi connectivity index (χ2v) is 6.08. The molecule has 0 bridgehead atoms. The number of halogens is 2. The molecule has 0 spiro atoms. The highest BCUT2D eigenvalue weighted by molar-refractivity contribution is 7.92. The number of hydrogen-bond acceptors (Lipinski definition) is 4. The summed E-state index contributed by atoms with van der Waals surface area (Å²) >= 11 is 11.2. The number of hydrogen-bond donors (Lipinski definition) is 0. The molecule has 7 heteroatoms. The first-order chi connectivity index (χ1) is 7.00. The highest BCUT2D eigenvalue weighted by Crippen LogP contribution is 2.22. The fourth-order valence-corrected chi connectivity index (χ4v) is 3.22. The van der Waals surface area contributed by atoms with Crippen LogP contribution in [-0.2, 0) is 9.84 Å². The molecule has 0 radical (unpaired) electrons. The average Bonchev–Trinajstić information content (AvgIpc) is 2.18. The highest BCUT2D eigenvalue weighted by atomic mass is 35.5. The summed E-state index contributed by atoms with van der Waals surface area (Å²) in [4.78, 5) is 7.31. The molecule has 0 amide bonds. The van der Waals surface area contributed by atoms with Crippen LogP contribution in [0, 0.1) is 0 Å². The van der Waals surface area contributed by atoms with E-state index in [1.54, 1.807) is 6.92 Å². The van der Waals surface area contributed by atoms with Crippen molar-refractivity contribution in [1.29, 1.82) is 0 Å². The van der Waals surface area contributed by atoms with Gasteiger partial charge in [0, 0.05) is 5.88 Å². The maximum Gasteiger partial charge on any atom is 0.199 e. The van der Waals surface area contributed by atoms with Gasteiger partial charge in [0.25, 0.3) is 0 Å². The minimum atomic E-state index is -3.50. The summed E-state index contributed by atoms with van der Waals surface area (Å²) in [7, 11) is -3.50. The van der Waals surface area contributed by atoms with E-state index in [4.69, 9.17) is 23.2 Å². The van der Waals surface area contributed by atoms with E-state index in [-0.39, 0.29) is 15.9 Å². The molecule has 1 rings (SSSR count). The van der Waals surface area contributed by atoms with Crippen LogP contribution in [0.2, 0.25) is 5.02 Å². The number of alkyl halides is 1. The highest BCUT2D eigenvalue weighted by Gasteiger charge is 2.26. The summed E-state index contributed by atoms with van der Waals surface area (Å²) in [6.07, 6.45) is 2.78. The van der Waals surface area contributed by atoms with Gasteiger partial charge < -0.3 is 0 Å². The summed E-state index contributed by atoms with van der Waals surface area (Å²) in [5.41, 5.74) is 0. The van der Waals surface area contributed by atoms with E-state index >= 15 is 0 Å². The van der Waals surface area contributed by atoms with Crippen LogP contribution in [0.25, 0.3) is 0 Å². The Hall–Kier alpha value is -0.390. The number of nitrogens with zero attached hydrogens (tertiary/aromatic N) is 2. The van der Waals surface area contributed by atoms with E-state index in [0.29, 0.717) is 6.42 Å². The van der Waals surface area contributed by atoms with Gasteiger partial charge in [0.1, 0.15) is 6.33 Å². The first-order valence-corrected chi connectivity index (χ1v) is 6.71. The standard InChI is InChI=1S/C8H10Cl2N2O2S/c1-6(2-3-9)15(13,14)8-7(10)4-11-5-12-8/h4-6H,2-3H2,1H3. The van der Waals surface area contributed by atoms with Crippen LogP contribution in [0.3, 0.4) is 0 Å². The molecule has 0 N–H and O–H groups in total. The van der Waals surface area contributed by atoms with E-state index in [1.807, 2.05) is 0 Å². The molecule has 0 aliphatic carbocycles. The molecule has 0 saturated heterocycles. The maximum atomic E-state index is 11.9. The van der Waals surface area contributed by atoms with E-state index in [2.05, 4.69) is 9.97 Å². The van der Waals surface area contributed by atoms with Crippen molar-refractivity contribution in [2.24, 2.45) is 0 Å². The van der Waals surface area contributed by atoms with E-state index in [1.165, 1.54) is 6.20 Å². The van der Waals surface area contributed by atoms with Crippen LogP contribution >= 0.6 is 23.2 Å². The van der Waals surface area contributed by atoms with Gasteiger partial charge in [0.2, 0.25) is 0 Å². The summed E-state index contributed by atoms with van der Waals surface area (Å²) in [5.74, 6) is 0.281. The van der Waals surface area contributed by atoms with Gasteiger partial charge in [0.15, 0.2) is 14.9 Å². The van der Waals surface area contributed by atoms with Crippen molar-refractivity contribution in [3.63, 3.8) is 0 Å². The molecule has 84 valence electrons. The van der Waals surface area contributed by atoms with Crippen LogP contribution in [0.5, 0.6) is 0 Å². The van der Waals surface area contributed by atoms with Gasteiger partial charge in [-0.1, -0.05) is 11.6 Å². The normalized spacial score (nSPS) is 13.8. The smallest absolute Gasteiger partial charge is 0.199 e. The topological polar surface area (TPSA) is 59.9 Å². The average molecular weight is 269 g/mol. The lowest BCUT2D eigenvalue weighted by molar-refractivity contribution is 0.577. The Morgan fingerprint density at radius 2 is 2.20 bits per heavy atom. The minimum absolute atomic E-state index is 0.0407. The fraction of sp³-hybridized carbons (Fsp3) is 0.500. The molecule has 0 aliphatic heterocycles. The van der Waals surface area contributed by atoms with Crippen LogP contribution in [0.1, 0.15) is 13.3 Å². The lowest BCUT2D eigenvalue weighted by Gasteiger charge is -2.10. The van der Waals surface area contributed by atoms with Gasteiger partial charge in [-0.3, -0.25) is 0 Å². The van der Waals surface area contributed by atoms with Crippen molar-refractivity contribution >= 4 is 33.0 Å². The van der Waals surface area contributed by atoms with Gasteiger partial charge in [-0.25, -0.2) is 18.4 Å². The molecule has 0 aliphatic rings. The SMILES string of the molecule is CC(CCCl)S(=O)(=O)c1ncncc1Cl. The number of rotatable bonds is 4. The Labute approximate surface area is 98.6 Å². The monoisotopic (exact) mass is 268 g/mol. The molecule has 1 aromatic heterocycles. The maximum absolute atomic E-state index is 11.9. The predicted octanol–water partition coefficient (Wildman–Crippen LogP) is 1.92. The Kier molecular flexibility index (Phi) is 4.31. The summed E-state index contributed by atoms with van der Waals surface area (Å²) < 4.78 is 23.8. The third kappa shape index (κ3) is 2.80. The van der Waals surface area contributed by atoms with Gasteiger partial charge >= 0.3 is 0 Å². The van der Waals surface area contributed by atoms with E-state index in [9.17, 15) is 8.42 Å². The zero-order valence-corrected chi connectivity index (χ0v) is 10.3. The Bertz CT molecular complexity index is 436. The van der Waals surface area contributed by atoms with Gasteiger partial charge in [-0.15, -0.1) is 11.6 Å². The second kappa shape index (κ2) is 5.09. The molecule has 1 atom stereocenters. The zero-order chi connectivity index (χ0) is 11.5. The van der Waals surface area contributed by atoms with Crippen LogP contribution in [-0.4, -0.2) is 29.5 Å². The van der Waals surface area contributed by atoms with Crippen molar-refractivity contribution in [3.05, 3.63) is 17.5 Å². The fourth-order valence-electron chi connectivity index (χ4n) is 1.01. The van der Waals surface area contributed by atoms with Crippen LogP contribution < -0.4 is 0 Å². The molecule has 0 aromatic carbocycles. The van der Waals surface area contributed by atoms with E-state index in [0.717, 1.165) is 6.33 Å². The van der Waals surface area contributed by atoms with Gasteiger partial charge in [0.05, 0.1) is 16.5 Å². The molecule has 1 aromatic rings. The van der Waals surface area contributed by atoms with Crippen molar-refractivity contribution in [3.8, 4) is 0 Å². The zero-order valence-electron chi connectivity index (χ0n) is 8.02. The van der Waals surface area contributed by atoms with Crippen molar-refractivity contribution in [1.82, 2.24) is 9.97 Å². The summed E-state index contributed by atoms with van der Waals surface area (Å²) in [6, 6.07) is 0. The summed E-state index contributed by atoms with van der Waals surface area (Å²) in [6.45, 7) is 1.58. The van der Waals surface area contributed by atoms with E-state index < -0.39 is 15.1 Å². The third-order valence-electron chi connectivity index (χ3n) is 1.95. The van der Waals surface area contributed by atoms with Crippen molar-refractivity contribution in [2.75, 3.05) is 5.88 Å². The van der Waals surface area contributed by atoms with Gasteiger partial charge in [-0.2, -0.15) is 0 Å². The van der Waals surface area contributed by atoms with Crippen molar-refractivity contribution in [2.45, 2.75) is 23.6 Å². The molecular formula is C8H10Cl2N2O2S. The molecule has 4 nitrogen and oxygen atoms in total. The Morgan fingerprint density at radius 3 is 2.73 bits per heavy atom. The largest absolute Gasteiger partial charge is 0.243 e. The third-order valence-corrected chi connectivity index (χ3v) is 4.72. The molecule has 15 heavy (non-hydrogen) atoms. The Balaban J connectivity index is 3.12.